The fourth-order valence-corrected chi connectivity index (χ4v) is 1.99. The maximum Gasteiger partial charge on any atom is 0.407 e. The van der Waals surface area contributed by atoms with Crippen LogP contribution in [-0.4, -0.2) is 58.3 Å². The summed E-state index contributed by atoms with van der Waals surface area (Å²) in [5.74, 6) is 0. The summed E-state index contributed by atoms with van der Waals surface area (Å²) in [6.45, 7) is 7.37. The Balaban J connectivity index is 4.43. The first-order valence-electron chi connectivity index (χ1n) is 8.17. The molecule has 0 rings (SSSR count). The maximum atomic E-state index is 11.7. The standard InChI is InChI=1S/C15H30N2O7S/c1-6-7-10-22-14(19)17-12(11-23-25(5,20)21)8-9-16-13(18)24-15(2,3)4/h12H,6-11H2,1-5H3,(H,16,18)(H,17,19)/t12-/m0/s1. The van der Waals surface area contributed by atoms with Crippen LogP contribution in [0.15, 0.2) is 0 Å². The van der Waals surface area contributed by atoms with Crippen LogP contribution in [0.1, 0.15) is 47.0 Å². The van der Waals surface area contributed by atoms with Crippen LogP contribution in [0.4, 0.5) is 9.59 Å². The van der Waals surface area contributed by atoms with E-state index in [9.17, 15) is 18.0 Å². The average Bonchev–Trinajstić information content (AvgIpc) is 2.42. The van der Waals surface area contributed by atoms with Crippen molar-refractivity contribution in [2.75, 3.05) is 26.0 Å². The molecule has 25 heavy (non-hydrogen) atoms. The highest BCUT2D eigenvalue weighted by Crippen LogP contribution is 2.06. The summed E-state index contributed by atoms with van der Waals surface area (Å²) < 4.78 is 37.0. The first kappa shape index (κ1) is 23.4. The monoisotopic (exact) mass is 382 g/mol. The normalized spacial score (nSPS) is 13.0. The molecule has 10 heteroatoms. The highest BCUT2D eigenvalue weighted by atomic mass is 32.2. The van der Waals surface area contributed by atoms with Gasteiger partial charge in [0.1, 0.15) is 5.60 Å². The Morgan fingerprint density at radius 3 is 2.32 bits per heavy atom. The van der Waals surface area contributed by atoms with Gasteiger partial charge < -0.3 is 20.1 Å². The Hall–Kier alpha value is -1.55. The van der Waals surface area contributed by atoms with Crippen LogP contribution in [0.2, 0.25) is 0 Å². The number of hydrogen-bond acceptors (Lipinski definition) is 7. The van der Waals surface area contributed by atoms with Gasteiger partial charge >= 0.3 is 12.2 Å². The molecule has 1 atom stereocenters. The van der Waals surface area contributed by atoms with Crippen molar-refractivity contribution in [1.29, 1.82) is 0 Å². The van der Waals surface area contributed by atoms with Gasteiger partial charge in [0, 0.05) is 6.54 Å². The van der Waals surface area contributed by atoms with Gasteiger partial charge in [-0.15, -0.1) is 0 Å². The van der Waals surface area contributed by atoms with Crippen LogP contribution in [0.25, 0.3) is 0 Å². The predicted octanol–water partition coefficient (Wildman–Crippen LogP) is 1.77. The molecule has 0 aliphatic heterocycles. The molecule has 0 aromatic heterocycles. The molecule has 0 radical (unpaired) electrons. The van der Waals surface area contributed by atoms with Crippen LogP contribution in [0, 0.1) is 0 Å². The number of carbonyl (C=O) groups is 2. The number of nitrogens with one attached hydrogen (secondary N) is 2. The quantitative estimate of drug-likeness (QED) is 0.436. The van der Waals surface area contributed by atoms with Gasteiger partial charge in [-0.3, -0.25) is 4.18 Å². The summed E-state index contributed by atoms with van der Waals surface area (Å²) in [4.78, 5) is 23.3. The van der Waals surface area contributed by atoms with Crippen molar-refractivity contribution in [3.8, 4) is 0 Å². The van der Waals surface area contributed by atoms with Gasteiger partial charge in [0.25, 0.3) is 10.1 Å². The second-order valence-corrected chi connectivity index (χ2v) is 8.18. The van der Waals surface area contributed by atoms with Crippen molar-refractivity contribution in [2.24, 2.45) is 0 Å². The van der Waals surface area contributed by atoms with E-state index in [2.05, 4.69) is 10.6 Å². The molecule has 0 aliphatic carbocycles. The minimum Gasteiger partial charge on any atom is -0.450 e. The fraction of sp³-hybridized carbons (Fsp3) is 0.867. The summed E-state index contributed by atoms with van der Waals surface area (Å²) >= 11 is 0. The Kier molecular flexibility index (Phi) is 10.4. The topological polar surface area (TPSA) is 120 Å². The van der Waals surface area contributed by atoms with E-state index in [0.717, 1.165) is 19.1 Å². The summed E-state index contributed by atoms with van der Waals surface area (Å²) in [5.41, 5.74) is -0.621. The van der Waals surface area contributed by atoms with Gasteiger partial charge in [-0.05, 0) is 33.6 Å². The number of amides is 2. The van der Waals surface area contributed by atoms with Crippen LogP contribution in [-0.2, 0) is 23.8 Å². The molecule has 148 valence electrons. The smallest absolute Gasteiger partial charge is 0.407 e. The van der Waals surface area contributed by atoms with Gasteiger partial charge in [-0.1, -0.05) is 13.3 Å². The summed E-state index contributed by atoms with van der Waals surface area (Å²) in [6, 6.07) is -0.640. The molecule has 2 amide bonds. The molecule has 0 spiro atoms. The Morgan fingerprint density at radius 2 is 1.80 bits per heavy atom. The molecule has 0 unspecified atom stereocenters. The zero-order chi connectivity index (χ0) is 19.5. The van der Waals surface area contributed by atoms with Crippen molar-refractivity contribution < 1.29 is 31.7 Å². The molecule has 0 fully saturated rings. The Labute approximate surface area is 149 Å². The largest absolute Gasteiger partial charge is 0.450 e. The molecular weight excluding hydrogens is 352 g/mol. The van der Waals surface area contributed by atoms with Crippen LogP contribution < -0.4 is 10.6 Å². The summed E-state index contributed by atoms with van der Waals surface area (Å²) in [6.07, 6.45) is 1.53. The van der Waals surface area contributed by atoms with Gasteiger partial charge in [-0.25, -0.2) is 9.59 Å². The second-order valence-electron chi connectivity index (χ2n) is 6.54. The molecule has 0 saturated carbocycles. The SMILES string of the molecule is CCCCOC(=O)N[C@@H](CCNC(=O)OC(C)(C)C)COS(C)(=O)=O. The van der Waals surface area contributed by atoms with Crippen molar-refractivity contribution >= 4 is 22.3 Å². The van der Waals surface area contributed by atoms with E-state index in [1.165, 1.54) is 0 Å². The lowest BCUT2D eigenvalue weighted by atomic mass is 10.2. The predicted molar refractivity (Wildman–Crippen MR) is 92.8 cm³/mol. The maximum absolute atomic E-state index is 11.7. The highest BCUT2D eigenvalue weighted by Gasteiger charge is 2.19. The lowest BCUT2D eigenvalue weighted by molar-refractivity contribution is 0.0525. The van der Waals surface area contributed by atoms with Crippen LogP contribution in [0.5, 0.6) is 0 Å². The third-order valence-corrected chi connectivity index (χ3v) is 3.26. The number of hydrogen-bond donors (Lipinski definition) is 2. The number of carbonyl (C=O) groups excluding carboxylic acids is 2. The molecule has 0 bridgehead atoms. The molecule has 2 N–H and O–H groups in total. The minimum absolute atomic E-state index is 0.169. The molecule has 9 nitrogen and oxygen atoms in total. The molecular formula is C15H30N2O7S. The van der Waals surface area contributed by atoms with Crippen LogP contribution in [0.3, 0.4) is 0 Å². The van der Waals surface area contributed by atoms with Gasteiger partial charge in [0.05, 0.1) is 25.5 Å². The molecule has 0 aliphatic rings. The van der Waals surface area contributed by atoms with E-state index in [-0.39, 0.29) is 26.2 Å². The van der Waals surface area contributed by atoms with Crippen molar-refractivity contribution in [3.63, 3.8) is 0 Å². The van der Waals surface area contributed by atoms with Gasteiger partial charge in [-0.2, -0.15) is 8.42 Å². The number of ether oxygens (including phenoxy) is 2. The molecule has 0 aromatic rings. The van der Waals surface area contributed by atoms with E-state index in [0.29, 0.717) is 0 Å². The lowest BCUT2D eigenvalue weighted by Crippen LogP contribution is -2.42. The van der Waals surface area contributed by atoms with E-state index in [4.69, 9.17) is 13.7 Å². The zero-order valence-electron chi connectivity index (χ0n) is 15.6. The lowest BCUT2D eigenvalue weighted by Gasteiger charge is -2.21. The highest BCUT2D eigenvalue weighted by molar-refractivity contribution is 7.85. The summed E-state index contributed by atoms with van der Waals surface area (Å²) in [5, 5.41) is 5.06. The fourth-order valence-electron chi connectivity index (χ4n) is 1.58. The van der Waals surface area contributed by atoms with E-state index in [1.54, 1.807) is 20.8 Å². The van der Waals surface area contributed by atoms with Gasteiger partial charge in [0.15, 0.2) is 0 Å². The summed E-state index contributed by atoms with van der Waals surface area (Å²) in [7, 11) is -3.65. The number of rotatable bonds is 10. The van der Waals surface area contributed by atoms with Crippen molar-refractivity contribution in [3.05, 3.63) is 0 Å². The molecule has 0 heterocycles. The zero-order valence-corrected chi connectivity index (χ0v) is 16.4. The van der Waals surface area contributed by atoms with Gasteiger partial charge in [0.2, 0.25) is 0 Å². The van der Waals surface area contributed by atoms with E-state index < -0.39 is 33.9 Å². The second kappa shape index (κ2) is 11.1. The van der Waals surface area contributed by atoms with E-state index in [1.807, 2.05) is 6.92 Å². The average molecular weight is 382 g/mol. The first-order valence-corrected chi connectivity index (χ1v) is 9.99. The first-order chi connectivity index (χ1) is 11.4. The molecule has 0 saturated heterocycles. The number of unbranched alkanes of at least 4 members (excludes halogenated alkanes) is 1. The minimum atomic E-state index is -3.65. The number of alkyl carbamates (subject to hydrolysis) is 2. The van der Waals surface area contributed by atoms with Crippen molar-refractivity contribution in [2.45, 2.75) is 58.6 Å². The third-order valence-electron chi connectivity index (χ3n) is 2.70. The third kappa shape index (κ3) is 15.7. The van der Waals surface area contributed by atoms with Crippen molar-refractivity contribution in [1.82, 2.24) is 10.6 Å². The van der Waals surface area contributed by atoms with Crippen LogP contribution >= 0.6 is 0 Å². The van der Waals surface area contributed by atoms with E-state index >= 15 is 0 Å². The molecule has 0 aromatic carbocycles. The Bertz CT molecular complexity index is 514. The Morgan fingerprint density at radius 1 is 1.16 bits per heavy atom.